The van der Waals surface area contributed by atoms with E-state index in [0.29, 0.717) is 28.5 Å². The van der Waals surface area contributed by atoms with Gasteiger partial charge in [-0.3, -0.25) is 9.59 Å². The number of methoxy groups -OCH3 is 1. The van der Waals surface area contributed by atoms with E-state index in [-0.39, 0.29) is 23.7 Å². The standard InChI is InChI=1S/C31H35N5O8S/c1-31(2,3)43-30(39)34-28(32)21-14-12-20(13-15-21)24-16-22(44-35-24)17-27(37)33-18-25(29(38)42-4)36-45(40,41)26-11-7-9-19-8-5-6-10-23(19)26/h5-15,22,25,36H,16-18H2,1-4H3,(H,33,37)(H2,32,34,39)/t22?,25-/m0/s1. The van der Waals surface area contributed by atoms with Gasteiger partial charge >= 0.3 is 12.1 Å². The summed E-state index contributed by atoms with van der Waals surface area (Å²) in [5.41, 5.74) is 7.07. The molecular formula is C31H35N5O8S. The number of sulfonamides is 1. The maximum atomic E-state index is 13.2. The number of aliphatic imine (C=N–C) groups is 1. The van der Waals surface area contributed by atoms with Crippen molar-refractivity contribution in [3.63, 3.8) is 0 Å². The largest absolute Gasteiger partial charge is 0.468 e. The lowest BCUT2D eigenvalue weighted by Crippen LogP contribution is -2.49. The van der Waals surface area contributed by atoms with E-state index in [1.54, 1.807) is 81.4 Å². The molecule has 45 heavy (non-hydrogen) atoms. The van der Waals surface area contributed by atoms with E-state index in [0.717, 1.165) is 12.7 Å². The van der Waals surface area contributed by atoms with E-state index in [1.165, 1.54) is 6.07 Å². The molecule has 3 aromatic carbocycles. The van der Waals surface area contributed by atoms with Crippen molar-refractivity contribution in [1.29, 1.82) is 0 Å². The summed E-state index contributed by atoms with van der Waals surface area (Å²) in [6.07, 6.45) is -1.14. The summed E-state index contributed by atoms with van der Waals surface area (Å²) in [5, 5.41) is 7.86. The number of nitrogens with two attached hydrogens (primary N) is 1. The number of nitrogens with zero attached hydrogens (tertiary/aromatic N) is 2. The minimum Gasteiger partial charge on any atom is -0.468 e. The third-order valence-electron chi connectivity index (χ3n) is 6.59. The van der Waals surface area contributed by atoms with Crippen LogP contribution in [0, 0.1) is 0 Å². The van der Waals surface area contributed by atoms with Crippen molar-refractivity contribution in [1.82, 2.24) is 10.0 Å². The van der Waals surface area contributed by atoms with Crippen LogP contribution in [0.1, 0.15) is 44.7 Å². The molecule has 1 aliphatic rings. The van der Waals surface area contributed by atoms with Gasteiger partial charge in [0.1, 0.15) is 23.6 Å². The number of carbonyl (C=O) groups is 3. The second-order valence-corrected chi connectivity index (χ2v) is 12.9. The highest BCUT2D eigenvalue weighted by Crippen LogP contribution is 2.23. The maximum absolute atomic E-state index is 13.2. The number of esters is 1. The van der Waals surface area contributed by atoms with E-state index in [2.05, 4.69) is 20.2 Å². The van der Waals surface area contributed by atoms with Crippen LogP contribution in [0.5, 0.6) is 0 Å². The Kier molecular flexibility index (Phi) is 10.2. The Morgan fingerprint density at radius 3 is 2.44 bits per heavy atom. The fourth-order valence-electron chi connectivity index (χ4n) is 4.48. The number of benzene rings is 3. The Labute approximate surface area is 260 Å². The molecule has 0 fully saturated rings. The summed E-state index contributed by atoms with van der Waals surface area (Å²) in [6, 6.07) is 17.2. The second-order valence-electron chi connectivity index (χ2n) is 11.2. The summed E-state index contributed by atoms with van der Waals surface area (Å²) in [5.74, 6) is -1.34. The molecule has 238 valence electrons. The number of ether oxygens (including phenoxy) is 2. The second kappa shape index (κ2) is 13.9. The van der Waals surface area contributed by atoms with Gasteiger partial charge in [0.25, 0.3) is 0 Å². The van der Waals surface area contributed by atoms with Gasteiger partial charge in [0.2, 0.25) is 15.9 Å². The predicted octanol–water partition coefficient (Wildman–Crippen LogP) is 3.00. The van der Waals surface area contributed by atoms with Crippen LogP contribution >= 0.6 is 0 Å². The molecule has 0 spiro atoms. The number of oxime groups is 1. The molecular weight excluding hydrogens is 602 g/mol. The lowest BCUT2D eigenvalue weighted by molar-refractivity contribution is -0.142. The van der Waals surface area contributed by atoms with E-state index < -0.39 is 45.7 Å². The average molecular weight is 638 g/mol. The zero-order valence-corrected chi connectivity index (χ0v) is 26.1. The van der Waals surface area contributed by atoms with Crippen LogP contribution in [-0.4, -0.2) is 69.3 Å². The number of amidine groups is 1. The quantitative estimate of drug-likeness (QED) is 0.171. The average Bonchev–Trinajstić information content (AvgIpc) is 3.45. The zero-order valence-electron chi connectivity index (χ0n) is 25.3. The smallest absolute Gasteiger partial charge is 0.436 e. The number of hydrogen-bond donors (Lipinski definition) is 3. The number of amides is 2. The van der Waals surface area contributed by atoms with Crippen molar-refractivity contribution in [3.05, 3.63) is 77.9 Å². The van der Waals surface area contributed by atoms with E-state index in [9.17, 15) is 22.8 Å². The first-order valence-corrected chi connectivity index (χ1v) is 15.5. The summed E-state index contributed by atoms with van der Waals surface area (Å²) in [4.78, 5) is 46.3. The zero-order chi connectivity index (χ0) is 32.8. The van der Waals surface area contributed by atoms with Crippen molar-refractivity contribution >= 4 is 50.3 Å². The Morgan fingerprint density at radius 2 is 1.76 bits per heavy atom. The van der Waals surface area contributed by atoms with Crippen LogP contribution < -0.4 is 15.8 Å². The van der Waals surface area contributed by atoms with Gasteiger partial charge in [0.05, 0.1) is 24.1 Å². The topological polar surface area (TPSA) is 188 Å². The molecule has 2 atom stereocenters. The Hall–Kier alpha value is -4.82. The highest BCUT2D eigenvalue weighted by molar-refractivity contribution is 7.89. The molecule has 3 aromatic rings. The number of nitrogens with one attached hydrogen (secondary N) is 2. The molecule has 4 N–H and O–H groups in total. The van der Waals surface area contributed by atoms with Crippen molar-refractivity contribution in [2.24, 2.45) is 15.9 Å². The van der Waals surface area contributed by atoms with Crippen molar-refractivity contribution in [3.8, 4) is 0 Å². The van der Waals surface area contributed by atoms with Crippen molar-refractivity contribution in [2.45, 2.75) is 56.3 Å². The molecule has 4 rings (SSSR count). The lowest BCUT2D eigenvalue weighted by Gasteiger charge is -2.18. The van der Waals surface area contributed by atoms with Gasteiger partial charge in [-0.05, 0) is 37.8 Å². The first-order valence-electron chi connectivity index (χ1n) is 14.0. The van der Waals surface area contributed by atoms with Crippen LogP contribution in [0.25, 0.3) is 10.8 Å². The van der Waals surface area contributed by atoms with Gasteiger partial charge in [-0.1, -0.05) is 65.8 Å². The fourth-order valence-corrected chi connectivity index (χ4v) is 5.89. The molecule has 1 heterocycles. The minimum atomic E-state index is -4.15. The van der Waals surface area contributed by atoms with Gasteiger partial charge in [-0.15, -0.1) is 0 Å². The summed E-state index contributed by atoms with van der Waals surface area (Å²) in [6.45, 7) is 4.84. The maximum Gasteiger partial charge on any atom is 0.436 e. The number of rotatable bonds is 10. The summed E-state index contributed by atoms with van der Waals surface area (Å²) in [7, 11) is -3.03. The number of fused-ring (bicyclic) bond motifs is 1. The Bertz CT molecular complexity index is 1740. The van der Waals surface area contributed by atoms with Gasteiger partial charge in [-0.2, -0.15) is 9.71 Å². The number of hydrogen-bond acceptors (Lipinski definition) is 9. The molecule has 2 amide bonds. The van der Waals surface area contributed by atoms with E-state index in [1.807, 2.05) is 0 Å². The molecule has 0 bridgehead atoms. The van der Waals surface area contributed by atoms with Crippen molar-refractivity contribution in [2.75, 3.05) is 13.7 Å². The molecule has 0 aliphatic carbocycles. The van der Waals surface area contributed by atoms with Gasteiger partial charge in [0, 0.05) is 23.9 Å². The lowest BCUT2D eigenvalue weighted by atomic mass is 10.0. The van der Waals surface area contributed by atoms with Crippen molar-refractivity contribution < 1.29 is 37.1 Å². The molecule has 0 saturated heterocycles. The molecule has 14 heteroatoms. The highest BCUT2D eigenvalue weighted by atomic mass is 32.2. The Balaban J connectivity index is 1.32. The molecule has 0 aromatic heterocycles. The normalized spacial score (nSPS) is 16.0. The summed E-state index contributed by atoms with van der Waals surface area (Å²) < 4.78 is 38.7. The summed E-state index contributed by atoms with van der Waals surface area (Å²) >= 11 is 0. The van der Waals surface area contributed by atoms with E-state index >= 15 is 0 Å². The van der Waals surface area contributed by atoms with Crippen LogP contribution in [0.2, 0.25) is 0 Å². The molecule has 13 nitrogen and oxygen atoms in total. The van der Waals surface area contributed by atoms with Crippen LogP contribution in [-0.2, 0) is 33.9 Å². The molecule has 1 aliphatic heterocycles. The monoisotopic (exact) mass is 637 g/mol. The van der Waals surface area contributed by atoms with Gasteiger partial charge in [-0.25, -0.2) is 13.2 Å². The van der Waals surface area contributed by atoms with Crippen LogP contribution in [0.15, 0.2) is 81.8 Å². The Morgan fingerprint density at radius 1 is 1.07 bits per heavy atom. The van der Waals surface area contributed by atoms with Gasteiger partial charge in [0.15, 0.2) is 0 Å². The number of carbonyl (C=O) groups excluding carboxylic acids is 3. The molecule has 1 unspecified atom stereocenters. The third-order valence-corrected chi connectivity index (χ3v) is 8.12. The molecule has 0 radical (unpaired) electrons. The predicted molar refractivity (Wildman–Crippen MR) is 167 cm³/mol. The third kappa shape index (κ3) is 8.86. The van der Waals surface area contributed by atoms with Crippen LogP contribution in [0.3, 0.4) is 0 Å². The highest BCUT2D eigenvalue weighted by Gasteiger charge is 2.30. The minimum absolute atomic E-state index is 0.000346. The molecule has 0 saturated carbocycles. The first-order chi connectivity index (χ1) is 21.3. The fraction of sp³-hybridized carbons (Fsp3) is 0.323. The van der Waals surface area contributed by atoms with Crippen LogP contribution in [0.4, 0.5) is 4.79 Å². The first kappa shape index (κ1) is 33.1. The SMILES string of the molecule is COC(=O)[C@H](CNC(=O)CC1CC(c2ccc(/C(N)=N/C(=O)OC(C)(C)C)cc2)=NO1)NS(=O)(=O)c1cccc2ccccc12. The van der Waals surface area contributed by atoms with E-state index in [4.69, 9.17) is 20.0 Å². The van der Waals surface area contributed by atoms with Gasteiger partial charge < -0.3 is 25.4 Å².